The first-order valence-electron chi connectivity index (χ1n) is 5.04. The van der Waals surface area contributed by atoms with E-state index in [1.54, 1.807) is 0 Å². The molecule has 6 nitrogen and oxygen atoms in total. The van der Waals surface area contributed by atoms with Gasteiger partial charge in [0.25, 0.3) is 0 Å². The molecule has 0 heterocycles. The van der Waals surface area contributed by atoms with Crippen LogP contribution in [0.4, 0.5) is 18.9 Å². The molecule has 0 spiro atoms. The van der Waals surface area contributed by atoms with E-state index in [1.165, 1.54) is 0 Å². The third kappa shape index (κ3) is 4.80. The lowest BCUT2D eigenvalue weighted by Gasteiger charge is -2.11. The fourth-order valence-electron chi connectivity index (χ4n) is 1.17. The van der Waals surface area contributed by atoms with Crippen LogP contribution in [0.2, 0.25) is 10.0 Å². The summed E-state index contributed by atoms with van der Waals surface area (Å²) >= 11 is 11.4. The average molecular weight is 343 g/mol. The molecule has 0 saturated heterocycles. The molecule has 0 aromatic heterocycles. The molecule has 0 aliphatic heterocycles. The molecule has 0 radical (unpaired) electrons. The number of benzene rings is 1. The van der Waals surface area contributed by atoms with Gasteiger partial charge in [0.05, 0.1) is 33.7 Å². The monoisotopic (exact) mass is 342 g/mol. The van der Waals surface area contributed by atoms with Gasteiger partial charge in [-0.15, -0.1) is 0 Å². The zero-order chi connectivity index (χ0) is 16.0. The Labute approximate surface area is 126 Å². The van der Waals surface area contributed by atoms with Crippen molar-refractivity contribution in [1.82, 2.24) is 0 Å². The second kappa shape index (κ2) is 7.14. The highest BCUT2D eigenvalue weighted by Crippen LogP contribution is 2.38. The molecule has 0 unspecified atom stereocenters. The van der Waals surface area contributed by atoms with Crippen molar-refractivity contribution < 1.29 is 23.6 Å². The Kier molecular flexibility index (Phi) is 5.79. The molecule has 21 heavy (non-hydrogen) atoms. The van der Waals surface area contributed by atoms with E-state index in [9.17, 15) is 13.2 Å². The van der Waals surface area contributed by atoms with Crippen molar-refractivity contribution in [3.63, 3.8) is 0 Å². The van der Waals surface area contributed by atoms with Crippen molar-refractivity contribution in [2.24, 2.45) is 15.4 Å². The van der Waals surface area contributed by atoms with Crippen molar-refractivity contribution in [2.75, 3.05) is 5.43 Å². The van der Waals surface area contributed by atoms with Crippen molar-refractivity contribution in [3.8, 4) is 0 Å². The van der Waals surface area contributed by atoms with Gasteiger partial charge in [0, 0.05) is 0 Å². The predicted molar refractivity (Wildman–Crippen MR) is 73.1 cm³/mol. The molecule has 1 aromatic rings. The number of nitrogens with one attached hydrogen (secondary N) is 1. The number of anilines is 1. The summed E-state index contributed by atoms with van der Waals surface area (Å²) in [6.45, 7) is 0. The number of oxime groups is 2. The SMILES string of the molecule is ON=CC(C=NO)=NNc1c(Cl)cc(C(F)(F)F)cc1Cl. The van der Waals surface area contributed by atoms with E-state index in [-0.39, 0.29) is 21.4 Å². The summed E-state index contributed by atoms with van der Waals surface area (Å²) in [6, 6.07) is 1.34. The van der Waals surface area contributed by atoms with E-state index in [0.29, 0.717) is 12.1 Å². The molecule has 1 rings (SSSR count). The van der Waals surface area contributed by atoms with Crippen LogP contribution in [0.1, 0.15) is 5.56 Å². The summed E-state index contributed by atoms with van der Waals surface area (Å²) in [5.74, 6) is 0. The minimum absolute atomic E-state index is 0.0958. The minimum atomic E-state index is -4.59. The zero-order valence-electron chi connectivity index (χ0n) is 9.94. The number of alkyl halides is 3. The highest BCUT2D eigenvalue weighted by Gasteiger charge is 2.32. The van der Waals surface area contributed by atoms with Crippen LogP contribution in [0.3, 0.4) is 0 Å². The Morgan fingerprint density at radius 2 is 1.57 bits per heavy atom. The lowest BCUT2D eigenvalue weighted by atomic mass is 10.2. The first-order chi connectivity index (χ1) is 9.79. The van der Waals surface area contributed by atoms with Gasteiger partial charge in [-0.05, 0) is 12.1 Å². The van der Waals surface area contributed by atoms with Crippen LogP contribution in [-0.2, 0) is 6.18 Å². The van der Waals surface area contributed by atoms with E-state index >= 15 is 0 Å². The number of rotatable bonds is 4. The van der Waals surface area contributed by atoms with E-state index in [2.05, 4.69) is 20.8 Å². The Hall–Kier alpha value is -2.00. The van der Waals surface area contributed by atoms with Gasteiger partial charge in [-0.2, -0.15) is 18.3 Å². The smallest absolute Gasteiger partial charge is 0.411 e. The van der Waals surface area contributed by atoms with E-state index < -0.39 is 11.7 Å². The number of hydrogen-bond donors (Lipinski definition) is 3. The van der Waals surface area contributed by atoms with Gasteiger partial charge < -0.3 is 10.4 Å². The first-order valence-corrected chi connectivity index (χ1v) is 5.80. The van der Waals surface area contributed by atoms with Crippen molar-refractivity contribution >= 4 is 47.0 Å². The van der Waals surface area contributed by atoms with Gasteiger partial charge in [-0.25, -0.2) is 0 Å². The quantitative estimate of drug-likeness (QED) is 0.442. The second-order valence-corrected chi connectivity index (χ2v) is 4.26. The Balaban J connectivity index is 3.13. The van der Waals surface area contributed by atoms with Gasteiger partial charge in [0.2, 0.25) is 0 Å². The Morgan fingerprint density at radius 3 is 1.95 bits per heavy atom. The molecule has 0 aliphatic rings. The molecular formula is C10H7Cl2F3N4O2. The van der Waals surface area contributed by atoms with Crippen LogP contribution in [0, 0.1) is 0 Å². The van der Waals surface area contributed by atoms with Crippen LogP contribution in [-0.4, -0.2) is 28.6 Å². The lowest BCUT2D eigenvalue weighted by molar-refractivity contribution is -0.137. The maximum Gasteiger partial charge on any atom is 0.416 e. The third-order valence-electron chi connectivity index (χ3n) is 2.05. The summed E-state index contributed by atoms with van der Waals surface area (Å²) in [5, 5.41) is 24.9. The first kappa shape index (κ1) is 17.1. The van der Waals surface area contributed by atoms with Gasteiger partial charge in [0.1, 0.15) is 5.71 Å². The molecule has 0 saturated carbocycles. The van der Waals surface area contributed by atoms with Gasteiger partial charge in [0.15, 0.2) is 0 Å². The third-order valence-corrected chi connectivity index (χ3v) is 2.64. The van der Waals surface area contributed by atoms with Gasteiger partial charge in [-0.3, -0.25) is 5.43 Å². The highest BCUT2D eigenvalue weighted by atomic mass is 35.5. The van der Waals surface area contributed by atoms with Crippen LogP contribution < -0.4 is 5.43 Å². The predicted octanol–water partition coefficient (Wildman–Crippen LogP) is 3.70. The summed E-state index contributed by atoms with van der Waals surface area (Å²) < 4.78 is 37.6. The van der Waals surface area contributed by atoms with Crippen molar-refractivity contribution in [2.45, 2.75) is 6.18 Å². The molecule has 1 aromatic carbocycles. The zero-order valence-corrected chi connectivity index (χ0v) is 11.4. The summed E-state index contributed by atoms with van der Waals surface area (Å²) in [7, 11) is 0. The lowest BCUT2D eigenvalue weighted by Crippen LogP contribution is -2.08. The van der Waals surface area contributed by atoms with Crippen LogP contribution in [0.5, 0.6) is 0 Å². The molecule has 114 valence electrons. The summed E-state index contributed by atoms with van der Waals surface area (Å²) in [5.41, 5.74) is 1.03. The number of hydrazone groups is 1. The largest absolute Gasteiger partial charge is 0.416 e. The molecule has 3 N–H and O–H groups in total. The average Bonchev–Trinajstić information content (AvgIpc) is 2.36. The summed E-state index contributed by atoms with van der Waals surface area (Å²) in [6.07, 6.45) is -2.98. The van der Waals surface area contributed by atoms with Crippen LogP contribution in [0.25, 0.3) is 0 Å². The minimum Gasteiger partial charge on any atom is -0.411 e. The van der Waals surface area contributed by atoms with E-state index in [4.69, 9.17) is 33.6 Å². The highest BCUT2D eigenvalue weighted by molar-refractivity contribution is 6.55. The van der Waals surface area contributed by atoms with Gasteiger partial charge in [-0.1, -0.05) is 33.5 Å². The Bertz CT molecular complexity index is 565. The van der Waals surface area contributed by atoms with E-state index in [0.717, 1.165) is 12.4 Å². The molecule has 0 atom stereocenters. The molecule has 11 heteroatoms. The topological polar surface area (TPSA) is 89.6 Å². The molecule has 0 fully saturated rings. The Morgan fingerprint density at radius 1 is 1.10 bits per heavy atom. The fourth-order valence-corrected chi connectivity index (χ4v) is 1.75. The van der Waals surface area contributed by atoms with Crippen LogP contribution >= 0.6 is 23.2 Å². The molecule has 0 aliphatic carbocycles. The standard InChI is InChI=1S/C10H7Cl2F3N4O2/c11-7-1-5(10(13,14)15)2-8(12)9(7)19-18-6(3-16-20)4-17-21/h1-4,19-21H. The van der Waals surface area contributed by atoms with Crippen LogP contribution in [0.15, 0.2) is 27.5 Å². The molecule has 0 bridgehead atoms. The summed E-state index contributed by atoms with van der Waals surface area (Å²) in [4.78, 5) is 0. The van der Waals surface area contributed by atoms with Crippen molar-refractivity contribution in [3.05, 3.63) is 27.7 Å². The number of nitrogens with zero attached hydrogens (tertiary/aromatic N) is 3. The molecule has 0 amide bonds. The number of halogens is 5. The molecular weight excluding hydrogens is 336 g/mol. The van der Waals surface area contributed by atoms with Crippen molar-refractivity contribution in [1.29, 1.82) is 0 Å². The second-order valence-electron chi connectivity index (χ2n) is 3.45. The van der Waals surface area contributed by atoms with E-state index in [1.807, 2.05) is 0 Å². The maximum absolute atomic E-state index is 12.5. The normalized spacial score (nSPS) is 12.0. The maximum atomic E-state index is 12.5. The van der Waals surface area contributed by atoms with Gasteiger partial charge >= 0.3 is 6.18 Å². The number of hydrogen-bond acceptors (Lipinski definition) is 6. The fraction of sp³-hybridized carbons (Fsp3) is 0.100.